The molecular weight excluding hydrogens is 388 g/mol. The maximum atomic E-state index is 13.4. The molecule has 28 heavy (non-hydrogen) atoms. The number of thiophene rings is 1. The number of fused-ring (bicyclic) bond motifs is 1. The molecule has 0 saturated heterocycles. The zero-order valence-electron chi connectivity index (χ0n) is 15.1. The smallest absolute Gasteiger partial charge is 0.163 e. The standard InChI is InChI=1S/C23H19ClN2OS/c24-16-7-2-1-6-15(16)14-12-19-22(20(27)13-14)23(21-10-5-11-28-21)26-18-9-4-3-8-17(18)25-19/h1-11,14,23,25-26H,12-13H2/t14-,23+/m1/s1. The lowest BCUT2D eigenvalue weighted by Crippen LogP contribution is -2.26. The van der Waals surface area contributed by atoms with Gasteiger partial charge >= 0.3 is 0 Å². The molecule has 140 valence electrons. The lowest BCUT2D eigenvalue weighted by atomic mass is 9.79. The molecule has 5 heteroatoms. The number of benzene rings is 2. The Hall–Kier alpha value is -2.56. The van der Waals surface area contributed by atoms with E-state index in [1.165, 1.54) is 0 Å². The van der Waals surface area contributed by atoms with Crippen LogP contribution in [-0.4, -0.2) is 5.78 Å². The first-order valence-corrected chi connectivity index (χ1v) is 10.6. The molecule has 1 aromatic heterocycles. The molecular formula is C23H19ClN2OS. The maximum Gasteiger partial charge on any atom is 0.163 e. The number of hydrogen-bond acceptors (Lipinski definition) is 4. The second-order valence-electron chi connectivity index (χ2n) is 7.21. The van der Waals surface area contributed by atoms with Crippen LogP contribution >= 0.6 is 22.9 Å². The highest BCUT2D eigenvalue weighted by molar-refractivity contribution is 7.10. The fraction of sp³-hybridized carbons (Fsp3) is 0.174. The van der Waals surface area contributed by atoms with Crippen LogP contribution in [-0.2, 0) is 4.79 Å². The van der Waals surface area contributed by atoms with E-state index < -0.39 is 0 Å². The van der Waals surface area contributed by atoms with Gasteiger partial charge in [-0.2, -0.15) is 0 Å². The summed E-state index contributed by atoms with van der Waals surface area (Å²) in [5.74, 6) is 0.263. The van der Waals surface area contributed by atoms with Gasteiger partial charge in [-0.25, -0.2) is 0 Å². The van der Waals surface area contributed by atoms with Crippen molar-refractivity contribution in [2.24, 2.45) is 0 Å². The van der Waals surface area contributed by atoms with Crippen LogP contribution in [0.2, 0.25) is 5.02 Å². The number of rotatable bonds is 2. The molecule has 1 aliphatic carbocycles. The maximum absolute atomic E-state index is 13.4. The van der Waals surface area contributed by atoms with Gasteiger partial charge in [0.25, 0.3) is 0 Å². The van der Waals surface area contributed by atoms with Crippen molar-refractivity contribution < 1.29 is 4.79 Å². The minimum atomic E-state index is -0.133. The van der Waals surface area contributed by atoms with Crippen molar-refractivity contribution in [3.63, 3.8) is 0 Å². The average molecular weight is 407 g/mol. The Labute approximate surface area is 173 Å². The first kappa shape index (κ1) is 17.5. The Bertz CT molecular complexity index is 1070. The SMILES string of the molecule is O=C1C[C@H](c2ccccc2Cl)CC2=C1[C@H](c1cccs1)Nc1ccccc1N2. The highest BCUT2D eigenvalue weighted by Crippen LogP contribution is 2.45. The molecule has 0 unspecified atom stereocenters. The summed E-state index contributed by atoms with van der Waals surface area (Å²) in [6.45, 7) is 0. The van der Waals surface area contributed by atoms with E-state index in [0.717, 1.165) is 44.5 Å². The fourth-order valence-electron chi connectivity index (χ4n) is 4.19. The fourth-order valence-corrected chi connectivity index (χ4v) is 5.26. The van der Waals surface area contributed by atoms with E-state index >= 15 is 0 Å². The van der Waals surface area contributed by atoms with Gasteiger partial charge in [0.15, 0.2) is 5.78 Å². The van der Waals surface area contributed by atoms with Crippen molar-refractivity contribution in [3.05, 3.63) is 92.8 Å². The molecule has 2 atom stereocenters. The van der Waals surface area contributed by atoms with E-state index in [2.05, 4.69) is 28.1 Å². The molecule has 3 nitrogen and oxygen atoms in total. The van der Waals surface area contributed by atoms with Crippen molar-refractivity contribution in [2.75, 3.05) is 10.6 Å². The Morgan fingerprint density at radius 3 is 2.50 bits per heavy atom. The van der Waals surface area contributed by atoms with E-state index in [1.54, 1.807) is 11.3 Å². The summed E-state index contributed by atoms with van der Waals surface area (Å²) in [6.07, 6.45) is 1.24. The number of carbonyl (C=O) groups is 1. The first-order valence-electron chi connectivity index (χ1n) is 9.37. The third kappa shape index (κ3) is 3.03. The zero-order valence-corrected chi connectivity index (χ0v) is 16.7. The van der Waals surface area contributed by atoms with E-state index in [4.69, 9.17) is 11.6 Å². The highest BCUT2D eigenvalue weighted by Gasteiger charge is 2.36. The molecule has 2 aromatic carbocycles. The summed E-state index contributed by atoms with van der Waals surface area (Å²) in [5, 5.41) is 9.95. The molecule has 0 saturated carbocycles. The van der Waals surface area contributed by atoms with Gasteiger partial charge in [0.1, 0.15) is 0 Å². The van der Waals surface area contributed by atoms with Gasteiger partial charge < -0.3 is 10.6 Å². The predicted octanol–water partition coefficient (Wildman–Crippen LogP) is 6.38. The summed E-state index contributed by atoms with van der Waals surface area (Å²) < 4.78 is 0. The van der Waals surface area contributed by atoms with Gasteiger partial charge in [0, 0.05) is 27.6 Å². The van der Waals surface area contributed by atoms with E-state index in [9.17, 15) is 4.79 Å². The van der Waals surface area contributed by atoms with E-state index in [1.807, 2.05) is 48.5 Å². The Balaban J connectivity index is 1.62. The van der Waals surface area contributed by atoms with E-state index in [-0.39, 0.29) is 17.7 Å². The van der Waals surface area contributed by atoms with Crippen LogP contribution in [0.4, 0.5) is 11.4 Å². The number of anilines is 2. The largest absolute Gasteiger partial charge is 0.372 e. The number of ketones is 1. The number of halogens is 1. The van der Waals surface area contributed by atoms with E-state index in [0.29, 0.717) is 6.42 Å². The van der Waals surface area contributed by atoms with Crippen LogP contribution in [0.3, 0.4) is 0 Å². The number of carbonyl (C=O) groups excluding carboxylic acids is 1. The number of hydrogen-bond donors (Lipinski definition) is 2. The third-order valence-electron chi connectivity index (χ3n) is 5.48. The van der Waals surface area contributed by atoms with Gasteiger partial charge in [-0.3, -0.25) is 4.79 Å². The zero-order chi connectivity index (χ0) is 19.1. The van der Waals surface area contributed by atoms with Crippen LogP contribution in [0.5, 0.6) is 0 Å². The minimum absolute atomic E-state index is 0.0849. The van der Waals surface area contributed by atoms with Gasteiger partial charge in [0.2, 0.25) is 0 Å². The molecule has 2 aliphatic rings. The Morgan fingerprint density at radius 2 is 1.71 bits per heavy atom. The molecule has 5 rings (SSSR count). The molecule has 0 amide bonds. The van der Waals surface area contributed by atoms with Gasteiger partial charge in [0.05, 0.1) is 17.4 Å². The van der Waals surface area contributed by atoms with Crippen LogP contribution < -0.4 is 10.6 Å². The second-order valence-corrected chi connectivity index (χ2v) is 8.59. The second kappa shape index (κ2) is 7.12. The van der Waals surface area contributed by atoms with Crippen LogP contribution in [0.25, 0.3) is 0 Å². The molecule has 0 radical (unpaired) electrons. The predicted molar refractivity (Wildman–Crippen MR) is 116 cm³/mol. The van der Waals surface area contributed by atoms with Gasteiger partial charge in [-0.05, 0) is 47.5 Å². The number of allylic oxidation sites excluding steroid dienone is 1. The number of nitrogens with one attached hydrogen (secondary N) is 2. The number of para-hydroxylation sites is 2. The molecule has 0 spiro atoms. The summed E-state index contributed by atoms with van der Waals surface area (Å²) in [4.78, 5) is 14.5. The topological polar surface area (TPSA) is 41.1 Å². The van der Waals surface area contributed by atoms with Crippen LogP contribution in [0, 0.1) is 0 Å². The van der Waals surface area contributed by atoms with Gasteiger partial charge in [-0.1, -0.05) is 48.0 Å². The lowest BCUT2D eigenvalue weighted by Gasteiger charge is -2.29. The lowest BCUT2D eigenvalue weighted by molar-refractivity contribution is -0.116. The van der Waals surface area contributed by atoms with Crippen molar-refractivity contribution in [2.45, 2.75) is 24.8 Å². The summed E-state index contributed by atoms with van der Waals surface area (Å²) in [6, 6.07) is 20.0. The first-order chi connectivity index (χ1) is 13.7. The summed E-state index contributed by atoms with van der Waals surface area (Å²) in [7, 11) is 0. The molecule has 3 aromatic rings. The van der Waals surface area contributed by atoms with Crippen molar-refractivity contribution in [1.82, 2.24) is 0 Å². The Morgan fingerprint density at radius 1 is 0.929 bits per heavy atom. The Kier molecular flexibility index (Phi) is 4.46. The average Bonchev–Trinajstić information content (AvgIpc) is 3.17. The summed E-state index contributed by atoms with van der Waals surface area (Å²) >= 11 is 8.12. The molecule has 2 N–H and O–H groups in total. The van der Waals surface area contributed by atoms with Crippen molar-refractivity contribution >= 4 is 40.1 Å². The van der Waals surface area contributed by atoms with Crippen molar-refractivity contribution in [3.8, 4) is 0 Å². The molecule has 1 aliphatic heterocycles. The third-order valence-corrected chi connectivity index (χ3v) is 6.76. The van der Waals surface area contributed by atoms with Gasteiger partial charge in [-0.15, -0.1) is 11.3 Å². The summed E-state index contributed by atoms with van der Waals surface area (Å²) in [5.41, 5.74) is 4.90. The van der Waals surface area contributed by atoms with Crippen LogP contribution in [0.15, 0.2) is 77.3 Å². The normalized spacial score (nSPS) is 21.2. The van der Waals surface area contributed by atoms with Crippen molar-refractivity contribution in [1.29, 1.82) is 0 Å². The quantitative estimate of drug-likeness (QED) is 0.518. The van der Waals surface area contributed by atoms with Crippen LogP contribution in [0.1, 0.15) is 35.2 Å². The minimum Gasteiger partial charge on any atom is -0.372 e. The number of Topliss-reactive ketones (excluding diaryl/α,β-unsaturated/α-hetero) is 1. The molecule has 0 fully saturated rings. The molecule has 2 heterocycles. The highest BCUT2D eigenvalue weighted by atomic mass is 35.5. The monoisotopic (exact) mass is 406 g/mol. The molecule has 0 bridgehead atoms.